The molecule has 6 heteroatoms. The number of benzene rings is 2. The molecule has 0 N–H and O–H groups in total. The zero-order valence-electron chi connectivity index (χ0n) is 17.4. The molecule has 0 bridgehead atoms. The van der Waals surface area contributed by atoms with Crippen LogP contribution in [0.15, 0.2) is 79.8 Å². The molecule has 0 spiro atoms. The minimum atomic E-state index is 0. The third-order valence-electron chi connectivity index (χ3n) is 5.84. The lowest BCUT2D eigenvalue weighted by molar-refractivity contribution is 0.167. The molecule has 1 atom stereocenters. The summed E-state index contributed by atoms with van der Waals surface area (Å²) in [4.78, 5) is 8.47. The lowest BCUT2D eigenvalue weighted by Crippen LogP contribution is -2.36. The van der Waals surface area contributed by atoms with Crippen molar-refractivity contribution in [2.45, 2.75) is 20.3 Å². The summed E-state index contributed by atoms with van der Waals surface area (Å²) in [6.07, 6.45) is 7.44. The molecular weight excluding hydrogens is 398 g/mol. The Morgan fingerprint density at radius 1 is 1.00 bits per heavy atom. The van der Waals surface area contributed by atoms with Gasteiger partial charge in [0.2, 0.25) is 5.88 Å². The lowest BCUT2D eigenvalue weighted by Gasteiger charge is -2.35. The number of para-hydroxylation sites is 1. The van der Waals surface area contributed by atoms with Crippen molar-refractivity contribution in [1.82, 2.24) is 24.9 Å². The van der Waals surface area contributed by atoms with Gasteiger partial charge >= 0.3 is 0 Å². The number of fused-ring (bicyclic) bond motifs is 1. The second-order valence-corrected chi connectivity index (χ2v) is 7.88. The second-order valence-electron chi connectivity index (χ2n) is 7.88. The molecule has 0 aliphatic carbocycles. The molecule has 1 unspecified atom stereocenters. The number of likely N-dealkylation sites (tertiary alicyclic amines) is 1. The van der Waals surface area contributed by atoms with Crippen LogP contribution in [0.3, 0.4) is 0 Å². The Kier molecular flexibility index (Phi) is 6.50. The number of pyridine rings is 1. The van der Waals surface area contributed by atoms with Gasteiger partial charge in [-0.05, 0) is 36.4 Å². The van der Waals surface area contributed by atoms with Gasteiger partial charge in [0.25, 0.3) is 0 Å². The standard InChI is InChI=1S/C25H25N5O.CH4/c1-19(22-9-4-5-11-24(22)30-27-14-15-28-30)29-16-6-7-20(17-29)18-31-25-23-10-3-2-8-21(23)12-13-26-25;/h2-5,8-15,20H,1,6-7,16-18H2;1H4. The quantitative estimate of drug-likeness (QED) is 0.423. The summed E-state index contributed by atoms with van der Waals surface area (Å²) in [5.74, 6) is 1.13. The Balaban J connectivity index is 0.00000245. The highest BCUT2D eigenvalue weighted by Gasteiger charge is 2.24. The van der Waals surface area contributed by atoms with Crippen LogP contribution in [0.25, 0.3) is 22.2 Å². The van der Waals surface area contributed by atoms with E-state index in [-0.39, 0.29) is 7.43 Å². The van der Waals surface area contributed by atoms with Crippen LogP contribution in [0.1, 0.15) is 25.8 Å². The first kappa shape index (κ1) is 21.6. The zero-order valence-corrected chi connectivity index (χ0v) is 17.4. The maximum atomic E-state index is 6.18. The summed E-state index contributed by atoms with van der Waals surface area (Å²) in [5.41, 5.74) is 2.99. The van der Waals surface area contributed by atoms with Crippen LogP contribution < -0.4 is 4.74 Å². The van der Waals surface area contributed by atoms with E-state index in [0.29, 0.717) is 18.4 Å². The lowest BCUT2D eigenvalue weighted by atomic mass is 9.97. The molecule has 0 radical (unpaired) electrons. The van der Waals surface area contributed by atoms with Gasteiger partial charge in [0, 0.05) is 41.9 Å². The van der Waals surface area contributed by atoms with Gasteiger partial charge in [-0.1, -0.05) is 50.4 Å². The normalized spacial score (nSPS) is 15.9. The van der Waals surface area contributed by atoms with E-state index >= 15 is 0 Å². The Morgan fingerprint density at radius 3 is 2.66 bits per heavy atom. The first-order valence-electron chi connectivity index (χ1n) is 10.7. The van der Waals surface area contributed by atoms with Crippen LogP contribution in [-0.4, -0.2) is 44.6 Å². The fourth-order valence-electron chi connectivity index (χ4n) is 4.25. The van der Waals surface area contributed by atoms with Crippen molar-refractivity contribution in [3.05, 3.63) is 85.3 Å². The van der Waals surface area contributed by atoms with Crippen LogP contribution >= 0.6 is 0 Å². The second kappa shape index (κ2) is 9.64. The number of piperidine rings is 1. The molecule has 4 aromatic rings. The maximum absolute atomic E-state index is 6.18. The number of rotatable bonds is 6. The first-order chi connectivity index (χ1) is 15.3. The number of ether oxygens (including phenoxy) is 1. The largest absolute Gasteiger partial charge is 0.477 e. The van der Waals surface area contributed by atoms with E-state index < -0.39 is 0 Å². The number of nitrogens with zero attached hydrogens (tertiary/aromatic N) is 5. The molecule has 3 heterocycles. The third kappa shape index (κ3) is 4.35. The van der Waals surface area contributed by atoms with Crippen molar-refractivity contribution in [2.75, 3.05) is 19.7 Å². The topological polar surface area (TPSA) is 56.1 Å². The highest BCUT2D eigenvalue weighted by Crippen LogP contribution is 2.29. The average molecular weight is 428 g/mol. The van der Waals surface area contributed by atoms with Crippen molar-refractivity contribution < 1.29 is 4.74 Å². The van der Waals surface area contributed by atoms with Crippen molar-refractivity contribution in [3.8, 4) is 11.6 Å². The summed E-state index contributed by atoms with van der Waals surface area (Å²) in [7, 11) is 0. The Labute approximate surface area is 189 Å². The monoisotopic (exact) mass is 427 g/mol. The van der Waals surface area contributed by atoms with Crippen LogP contribution in [0.2, 0.25) is 0 Å². The van der Waals surface area contributed by atoms with E-state index in [1.54, 1.807) is 17.2 Å². The minimum Gasteiger partial charge on any atom is -0.477 e. The SMILES string of the molecule is C.C=C(c1ccccc1-n1nccn1)N1CCCC(COc2nccc3ccccc23)C1. The van der Waals surface area contributed by atoms with Crippen LogP contribution in [0.5, 0.6) is 5.88 Å². The Morgan fingerprint density at radius 2 is 1.78 bits per heavy atom. The molecule has 2 aromatic heterocycles. The van der Waals surface area contributed by atoms with Crippen molar-refractivity contribution in [1.29, 1.82) is 0 Å². The molecule has 32 heavy (non-hydrogen) atoms. The number of aromatic nitrogens is 4. The van der Waals surface area contributed by atoms with E-state index in [2.05, 4.69) is 44.9 Å². The summed E-state index contributed by atoms with van der Waals surface area (Å²) in [6.45, 7) is 6.96. The molecule has 1 fully saturated rings. The molecule has 5 rings (SSSR count). The van der Waals surface area contributed by atoms with E-state index in [9.17, 15) is 0 Å². The van der Waals surface area contributed by atoms with Gasteiger partial charge in [-0.2, -0.15) is 15.0 Å². The minimum absolute atomic E-state index is 0. The van der Waals surface area contributed by atoms with E-state index in [4.69, 9.17) is 4.74 Å². The van der Waals surface area contributed by atoms with Crippen LogP contribution in [-0.2, 0) is 0 Å². The Bertz CT molecular complexity index is 1180. The fraction of sp³-hybridized carbons (Fsp3) is 0.269. The van der Waals surface area contributed by atoms with Gasteiger partial charge in [0.05, 0.1) is 24.7 Å². The zero-order chi connectivity index (χ0) is 21.0. The predicted octanol–water partition coefficient (Wildman–Crippen LogP) is 5.21. The fourth-order valence-corrected chi connectivity index (χ4v) is 4.25. The van der Waals surface area contributed by atoms with Crippen molar-refractivity contribution >= 4 is 16.5 Å². The molecule has 6 nitrogen and oxygen atoms in total. The first-order valence-corrected chi connectivity index (χ1v) is 10.7. The van der Waals surface area contributed by atoms with E-state index in [1.807, 2.05) is 42.6 Å². The van der Waals surface area contributed by atoms with Crippen LogP contribution in [0.4, 0.5) is 0 Å². The molecule has 1 saturated heterocycles. The highest BCUT2D eigenvalue weighted by atomic mass is 16.5. The third-order valence-corrected chi connectivity index (χ3v) is 5.84. The van der Waals surface area contributed by atoms with E-state index in [0.717, 1.165) is 53.7 Å². The van der Waals surface area contributed by atoms with Gasteiger partial charge in [0.15, 0.2) is 0 Å². The molecule has 2 aromatic carbocycles. The summed E-state index contributed by atoms with van der Waals surface area (Å²) in [5, 5.41) is 10.8. The van der Waals surface area contributed by atoms with Gasteiger partial charge in [0.1, 0.15) is 0 Å². The van der Waals surface area contributed by atoms with Gasteiger partial charge in [-0.15, -0.1) is 0 Å². The molecule has 0 amide bonds. The summed E-state index contributed by atoms with van der Waals surface area (Å²) in [6, 6.07) is 18.4. The van der Waals surface area contributed by atoms with Gasteiger partial charge in [-0.3, -0.25) is 0 Å². The van der Waals surface area contributed by atoms with E-state index in [1.165, 1.54) is 0 Å². The van der Waals surface area contributed by atoms with Crippen molar-refractivity contribution in [2.24, 2.45) is 5.92 Å². The van der Waals surface area contributed by atoms with Gasteiger partial charge < -0.3 is 9.64 Å². The maximum Gasteiger partial charge on any atom is 0.221 e. The van der Waals surface area contributed by atoms with Gasteiger partial charge in [-0.25, -0.2) is 4.98 Å². The highest BCUT2D eigenvalue weighted by molar-refractivity contribution is 5.86. The number of hydrogen-bond acceptors (Lipinski definition) is 5. The molecule has 0 saturated carbocycles. The van der Waals surface area contributed by atoms with Crippen LogP contribution in [0, 0.1) is 5.92 Å². The van der Waals surface area contributed by atoms with Crippen molar-refractivity contribution in [3.63, 3.8) is 0 Å². The Hall–Kier alpha value is -3.67. The average Bonchev–Trinajstić information content (AvgIpc) is 3.37. The smallest absolute Gasteiger partial charge is 0.221 e. The molecule has 1 aliphatic rings. The predicted molar refractivity (Wildman–Crippen MR) is 129 cm³/mol. The number of hydrogen-bond donors (Lipinski definition) is 0. The summed E-state index contributed by atoms with van der Waals surface area (Å²) < 4.78 is 6.18. The molecule has 164 valence electrons. The molecular formula is C26H29N5O. The summed E-state index contributed by atoms with van der Waals surface area (Å²) >= 11 is 0. The molecule has 1 aliphatic heterocycles.